The summed E-state index contributed by atoms with van der Waals surface area (Å²) in [6.45, 7) is 7.20. The smallest absolute Gasteiger partial charge is 0.205 e. The van der Waals surface area contributed by atoms with Crippen molar-refractivity contribution in [3.63, 3.8) is 0 Å². The van der Waals surface area contributed by atoms with Gasteiger partial charge in [-0.2, -0.15) is 0 Å². The van der Waals surface area contributed by atoms with Crippen LogP contribution in [0, 0.1) is 0 Å². The Bertz CT molecular complexity index is 273. The van der Waals surface area contributed by atoms with E-state index in [1.807, 2.05) is 12.4 Å². The molecule has 4 heteroatoms. The first-order valence-electron chi connectivity index (χ1n) is 5.65. The molecule has 0 fully saturated rings. The van der Waals surface area contributed by atoms with E-state index in [0.29, 0.717) is 5.88 Å². The minimum Gasteiger partial charge on any atom is -0.341 e. The monoisotopic (exact) mass is 229 g/mol. The predicted molar refractivity (Wildman–Crippen MR) is 65.7 cm³/mol. The Morgan fingerprint density at radius 1 is 1.40 bits per heavy atom. The van der Waals surface area contributed by atoms with Crippen LogP contribution in [0.2, 0.25) is 0 Å². The van der Waals surface area contributed by atoms with Gasteiger partial charge in [-0.15, -0.1) is 11.6 Å². The highest BCUT2D eigenvalue weighted by atomic mass is 35.5. The van der Waals surface area contributed by atoms with Crippen LogP contribution in [-0.2, 0) is 6.54 Å². The molecule has 0 aliphatic carbocycles. The highest BCUT2D eigenvalue weighted by Gasteiger charge is 2.10. The molecule has 0 spiro atoms. The van der Waals surface area contributed by atoms with Crippen LogP contribution < -0.4 is 4.90 Å². The van der Waals surface area contributed by atoms with Gasteiger partial charge in [-0.3, -0.25) is 0 Å². The molecule has 15 heavy (non-hydrogen) atoms. The first-order valence-corrected chi connectivity index (χ1v) is 6.19. The SMILES string of the molecule is CCCCN(CCCl)c1nccn1CC. The first kappa shape index (κ1) is 12.4. The van der Waals surface area contributed by atoms with E-state index in [2.05, 4.69) is 28.3 Å². The first-order chi connectivity index (χ1) is 7.33. The molecule has 0 atom stereocenters. The molecule has 1 rings (SSSR count). The van der Waals surface area contributed by atoms with Crippen molar-refractivity contribution in [2.24, 2.45) is 0 Å². The Balaban J connectivity index is 2.69. The quantitative estimate of drug-likeness (QED) is 0.671. The van der Waals surface area contributed by atoms with Crippen LogP contribution in [-0.4, -0.2) is 28.5 Å². The number of hydrogen-bond donors (Lipinski definition) is 0. The molecule has 0 amide bonds. The molecule has 0 radical (unpaired) electrons. The minimum absolute atomic E-state index is 0.653. The van der Waals surface area contributed by atoms with E-state index in [9.17, 15) is 0 Å². The zero-order chi connectivity index (χ0) is 11.1. The van der Waals surface area contributed by atoms with Crippen molar-refractivity contribution in [1.82, 2.24) is 9.55 Å². The van der Waals surface area contributed by atoms with E-state index < -0.39 is 0 Å². The van der Waals surface area contributed by atoms with Crippen molar-refractivity contribution in [2.75, 3.05) is 23.9 Å². The normalized spacial score (nSPS) is 10.6. The van der Waals surface area contributed by atoms with Crippen molar-refractivity contribution in [2.45, 2.75) is 33.2 Å². The fourth-order valence-corrected chi connectivity index (χ4v) is 1.80. The second-order valence-electron chi connectivity index (χ2n) is 3.54. The molecular formula is C11H20ClN3. The zero-order valence-electron chi connectivity index (χ0n) is 9.62. The Morgan fingerprint density at radius 2 is 2.20 bits per heavy atom. The van der Waals surface area contributed by atoms with Crippen LogP contribution in [0.15, 0.2) is 12.4 Å². The van der Waals surface area contributed by atoms with E-state index in [4.69, 9.17) is 11.6 Å². The number of nitrogens with zero attached hydrogens (tertiary/aromatic N) is 3. The zero-order valence-corrected chi connectivity index (χ0v) is 10.4. The summed E-state index contributed by atoms with van der Waals surface area (Å²) in [6, 6.07) is 0. The highest BCUT2D eigenvalue weighted by molar-refractivity contribution is 6.18. The van der Waals surface area contributed by atoms with Gasteiger partial charge >= 0.3 is 0 Å². The molecule has 0 N–H and O–H groups in total. The lowest BCUT2D eigenvalue weighted by atomic mass is 10.3. The van der Waals surface area contributed by atoms with Crippen LogP contribution in [0.1, 0.15) is 26.7 Å². The van der Waals surface area contributed by atoms with Gasteiger partial charge in [-0.25, -0.2) is 4.98 Å². The molecule has 1 aromatic heterocycles. The van der Waals surface area contributed by atoms with Gasteiger partial charge in [0.1, 0.15) is 0 Å². The number of hydrogen-bond acceptors (Lipinski definition) is 2. The summed E-state index contributed by atoms with van der Waals surface area (Å²) in [5, 5.41) is 0. The molecule has 0 aromatic carbocycles. The Kier molecular flexibility index (Phi) is 5.54. The largest absolute Gasteiger partial charge is 0.341 e. The lowest BCUT2D eigenvalue weighted by Crippen LogP contribution is -2.29. The van der Waals surface area contributed by atoms with E-state index in [1.54, 1.807) is 0 Å². The summed E-state index contributed by atoms with van der Waals surface area (Å²) in [5.74, 6) is 1.70. The Morgan fingerprint density at radius 3 is 2.80 bits per heavy atom. The maximum Gasteiger partial charge on any atom is 0.205 e. The van der Waals surface area contributed by atoms with Gasteiger partial charge in [0.2, 0.25) is 5.95 Å². The number of imidazole rings is 1. The van der Waals surface area contributed by atoms with Crippen LogP contribution in [0.4, 0.5) is 5.95 Å². The molecule has 0 aliphatic heterocycles. The maximum atomic E-state index is 5.81. The number of unbranched alkanes of at least 4 members (excludes halogenated alkanes) is 1. The number of aromatic nitrogens is 2. The fraction of sp³-hybridized carbons (Fsp3) is 0.727. The van der Waals surface area contributed by atoms with Crippen molar-refractivity contribution in [3.05, 3.63) is 12.4 Å². The predicted octanol–water partition coefficient (Wildman–Crippen LogP) is 2.75. The molecule has 1 heterocycles. The van der Waals surface area contributed by atoms with E-state index >= 15 is 0 Å². The molecule has 0 bridgehead atoms. The summed E-state index contributed by atoms with van der Waals surface area (Å²) in [7, 11) is 0. The summed E-state index contributed by atoms with van der Waals surface area (Å²) in [6.07, 6.45) is 6.26. The average molecular weight is 230 g/mol. The second kappa shape index (κ2) is 6.72. The molecule has 1 aromatic rings. The average Bonchev–Trinajstić information content (AvgIpc) is 2.72. The lowest BCUT2D eigenvalue weighted by molar-refractivity contribution is 0.673. The van der Waals surface area contributed by atoms with Crippen molar-refractivity contribution >= 4 is 17.5 Å². The maximum absolute atomic E-state index is 5.81. The number of halogens is 1. The topological polar surface area (TPSA) is 21.1 Å². The molecular weight excluding hydrogens is 210 g/mol. The van der Waals surface area contributed by atoms with Crippen LogP contribution in [0.25, 0.3) is 0 Å². The number of rotatable bonds is 7. The lowest BCUT2D eigenvalue weighted by Gasteiger charge is -2.23. The fourth-order valence-electron chi connectivity index (χ4n) is 1.59. The van der Waals surface area contributed by atoms with Crippen LogP contribution in [0.5, 0.6) is 0 Å². The van der Waals surface area contributed by atoms with Gasteiger partial charge in [-0.05, 0) is 13.3 Å². The van der Waals surface area contributed by atoms with Gasteiger partial charge in [0.15, 0.2) is 0 Å². The summed E-state index contributed by atoms with van der Waals surface area (Å²) >= 11 is 5.81. The van der Waals surface area contributed by atoms with E-state index in [0.717, 1.165) is 25.6 Å². The summed E-state index contributed by atoms with van der Waals surface area (Å²) in [5.41, 5.74) is 0. The van der Waals surface area contributed by atoms with Gasteiger partial charge in [-0.1, -0.05) is 13.3 Å². The molecule has 0 saturated carbocycles. The van der Waals surface area contributed by atoms with Gasteiger partial charge in [0, 0.05) is 37.9 Å². The molecule has 86 valence electrons. The van der Waals surface area contributed by atoms with Gasteiger partial charge < -0.3 is 9.47 Å². The summed E-state index contributed by atoms with van der Waals surface area (Å²) < 4.78 is 2.15. The Hall–Kier alpha value is -0.700. The third kappa shape index (κ3) is 3.42. The van der Waals surface area contributed by atoms with Gasteiger partial charge in [0.25, 0.3) is 0 Å². The van der Waals surface area contributed by atoms with Crippen LogP contribution in [0.3, 0.4) is 0 Å². The third-order valence-electron chi connectivity index (χ3n) is 2.45. The molecule has 3 nitrogen and oxygen atoms in total. The standard InChI is InChI=1S/C11H20ClN3/c1-3-5-8-15(9-6-12)11-13-7-10-14(11)4-2/h7,10H,3-6,8-9H2,1-2H3. The number of aryl methyl sites for hydroxylation is 1. The molecule has 0 unspecified atom stereocenters. The minimum atomic E-state index is 0.653. The van der Waals surface area contributed by atoms with Gasteiger partial charge in [0.05, 0.1) is 0 Å². The van der Waals surface area contributed by atoms with Crippen LogP contribution >= 0.6 is 11.6 Å². The Labute approximate surface area is 97.1 Å². The number of alkyl halides is 1. The van der Waals surface area contributed by atoms with Crippen molar-refractivity contribution in [1.29, 1.82) is 0 Å². The molecule has 0 aliphatic rings. The van der Waals surface area contributed by atoms with E-state index in [1.165, 1.54) is 12.8 Å². The molecule has 0 saturated heterocycles. The van der Waals surface area contributed by atoms with E-state index in [-0.39, 0.29) is 0 Å². The second-order valence-corrected chi connectivity index (χ2v) is 3.92. The van der Waals surface area contributed by atoms with Crippen molar-refractivity contribution in [3.8, 4) is 0 Å². The number of anilines is 1. The van der Waals surface area contributed by atoms with Crippen molar-refractivity contribution < 1.29 is 0 Å². The summed E-state index contributed by atoms with van der Waals surface area (Å²) in [4.78, 5) is 6.65. The third-order valence-corrected chi connectivity index (χ3v) is 2.62. The highest BCUT2D eigenvalue weighted by Crippen LogP contribution is 2.12.